The predicted molar refractivity (Wildman–Crippen MR) is 47.1 cm³/mol. The number of rotatable bonds is 6. The second-order valence-corrected chi connectivity index (χ2v) is 2.54. The van der Waals surface area contributed by atoms with Gasteiger partial charge in [-0.15, -0.1) is 0 Å². The SMILES string of the molecule is CCC(COC(=O)CN)(OC)OC. The molecule has 5 nitrogen and oxygen atoms in total. The lowest BCUT2D eigenvalue weighted by molar-refractivity contribution is -0.234. The fourth-order valence-corrected chi connectivity index (χ4v) is 0.841. The Morgan fingerprint density at radius 3 is 2.23 bits per heavy atom. The van der Waals surface area contributed by atoms with Gasteiger partial charge in [0.15, 0.2) is 0 Å². The number of hydrogen-bond acceptors (Lipinski definition) is 5. The fraction of sp³-hybridized carbons (Fsp3) is 0.875. The average molecular weight is 191 g/mol. The molecule has 0 aliphatic heterocycles. The highest BCUT2D eigenvalue weighted by atomic mass is 16.7. The molecule has 0 aromatic carbocycles. The summed E-state index contributed by atoms with van der Waals surface area (Å²) in [5.41, 5.74) is 5.07. The third kappa shape index (κ3) is 3.71. The van der Waals surface area contributed by atoms with Crippen molar-refractivity contribution in [3.05, 3.63) is 0 Å². The van der Waals surface area contributed by atoms with Crippen LogP contribution in [0.4, 0.5) is 0 Å². The maximum absolute atomic E-state index is 10.7. The van der Waals surface area contributed by atoms with Gasteiger partial charge in [0.05, 0.1) is 6.54 Å². The molecule has 78 valence electrons. The van der Waals surface area contributed by atoms with Crippen LogP contribution in [0.25, 0.3) is 0 Å². The normalized spacial score (nSPS) is 11.4. The molecule has 13 heavy (non-hydrogen) atoms. The van der Waals surface area contributed by atoms with Crippen molar-refractivity contribution in [2.75, 3.05) is 27.4 Å². The summed E-state index contributed by atoms with van der Waals surface area (Å²) in [4.78, 5) is 10.7. The van der Waals surface area contributed by atoms with E-state index in [1.54, 1.807) is 0 Å². The molecule has 0 aliphatic rings. The monoisotopic (exact) mass is 191 g/mol. The van der Waals surface area contributed by atoms with E-state index in [0.29, 0.717) is 6.42 Å². The van der Waals surface area contributed by atoms with Crippen molar-refractivity contribution in [1.82, 2.24) is 0 Å². The zero-order valence-electron chi connectivity index (χ0n) is 8.33. The average Bonchev–Trinajstić information content (AvgIpc) is 2.20. The highest BCUT2D eigenvalue weighted by molar-refractivity contribution is 5.71. The minimum absolute atomic E-state index is 0.0620. The molecule has 0 unspecified atom stereocenters. The van der Waals surface area contributed by atoms with Gasteiger partial charge in [-0.3, -0.25) is 4.79 Å². The van der Waals surface area contributed by atoms with Gasteiger partial charge < -0.3 is 19.9 Å². The summed E-state index contributed by atoms with van der Waals surface area (Å²) >= 11 is 0. The summed E-state index contributed by atoms with van der Waals surface area (Å²) in [5.74, 6) is -1.31. The van der Waals surface area contributed by atoms with Crippen molar-refractivity contribution in [2.45, 2.75) is 19.1 Å². The zero-order valence-corrected chi connectivity index (χ0v) is 8.33. The first-order chi connectivity index (χ1) is 6.14. The third-order valence-corrected chi connectivity index (χ3v) is 1.90. The first-order valence-electron chi connectivity index (χ1n) is 4.10. The molecule has 2 N–H and O–H groups in total. The van der Waals surface area contributed by atoms with Crippen molar-refractivity contribution in [1.29, 1.82) is 0 Å². The summed E-state index contributed by atoms with van der Waals surface area (Å²) in [5, 5.41) is 0. The Kier molecular flexibility index (Phi) is 5.61. The topological polar surface area (TPSA) is 70.8 Å². The smallest absolute Gasteiger partial charge is 0.319 e. The lowest BCUT2D eigenvalue weighted by Crippen LogP contribution is -2.39. The molecule has 0 fully saturated rings. The second-order valence-electron chi connectivity index (χ2n) is 2.54. The number of methoxy groups -OCH3 is 2. The molecule has 5 heteroatoms. The Labute approximate surface area is 78.1 Å². The number of carbonyl (C=O) groups is 1. The Hall–Kier alpha value is -0.650. The maximum Gasteiger partial charge on any atom is 0.319 e. The van der Waals surface area contributed by atoms with Crippen LogP contribution in [0.15, 0.2) is 0 Å². The van der Waals surface area contributed by atoms with Crippen molar-refractivity contribution in [3.8, 4) is 0 Å². The van der Waals surface area contributed by atoms with E-state index < -0.39 is 11.8 Å². The molecule has 0 rings (SSSR count). The van der Waals surface area contributed by atoms with E-state index in [2.05, 4.69) is 0 Å². The Bertz CT molecular complexity index is 148. The molecule has 0 aliphatic carbocycles. The van der Waals surface area contributed by atoms with Crippen LogP contribution in [0.1, 0.15) is 13.3 Å². The van der Waals surface area contributed by atoms with Crippen molar-refractivity contribution >= 4 is 5.97 Å². The van der Waals surface area contributed by atoms with Gasteiger partial charge in [-0.2, -0.15) is 0 Å². The molecule has 0 heterocycles. The summed E-state index contributed by atoms with van der Waals surface area (Å²) in [6, 6.07) is 0. The number of nitrogens with two attached hydrogens (primary N) is 1. The van der Waals surface area contributed by atoms with Gasteiger partial charge in [0, 0.05) is 20.6 Å². The number of esters is 1. The minimum atomic E-state index is -0.842. The first kappa shape index (κ1) is 12.3. The van der Waals surface area contributed by atoms with Crippen molar-refractivity contribution in [3.63, 3.8) is 0 Å². The summed E-state index contributed by atoms with van der Waals surface area (Å²) in [6.45, 7) is 1.81. The Morgan fingerprint density at radius 1 is 1.38 bits per heavy atom. The molecule has 0 aromatic heterocycles. The molecule has 0 bridgehead atoms. The summed E-state index contributed by atoms with van der Waals surface area (Å²) in [7, 11) is 3.01. The number of ether oxygens (including phenoxy) is 3. The van der Waals surface area contributed by atoms with Crippen LogP contribution < -0.4 is 5.73 Å². The van der Waals surface area contributed by atoms with Crippen molar-refractivity contribution < 1.29 is 19.0 Å². The molecular weight excluding hydrogens is 174 g/mol. The molecule has 0 aromatic rings. The van der Waals surface area contributed by atoms with Crippen LogP contribution in [0.5, 0.6) is 0 Å². The standard InChI is InChI=1S/C8H17NO4/c1-4-8(11-2,12-3)6-13-7(10)5-9/h4-6,9H2,1-3H3. The lowest BCUT2D eigenvalue weighted by Gasteiger charge is -2.28. The predicted octanol–water partition coefficient (Wildman–Crippen LogP) is -0.113. The van der Waals surface area contributed by atoms with Crippen LogP contribution >= 0.6 is 0 Å². The molecule has 0 spiro atoms. The van der Waals surface area contributed by atoms with E-state index in [1.807, 2.05) is 6.92 Å². The zero-order chi connectivity index (χ0) is 10.3. The van der Waals surface area contributed by atoms with Gasteiger partial charge in [0.2, 0.25) is 5.79 Å². The number of hydrogen-bond donors (Lipinski definition) is 1. The minimum Gasteiger partial charge on any atom is -0.459 e. The number of carbonyl (C=O) groups excluding carboxylic acids is 1. The van der Waals surface area contributed by atoms with Gasteiger partial charge >= 0.3 is 5.97 Å². The van der Waals surface area contributed by atoms with Gasteiger partial charge in [-0.05, 0) is 0 Å². The summed E-state index contributed by atoms with van der Waals surface area (Å²) < 4.78 is 15.0. The van der Waals surface area contributed by atoms with Gasteiger partial charge in [-0.25, -0.2) is 0 Å². The molecule has 0 saturated heterocycles. The molecule has 0 radical (unpaired) electrons. The highest BCUT2D eigenvalue weighted by Gasteiger charge is 2.28. The van der Waals surface area contributed by atoms with Crippen molar-refractivity contribution in [2.24, 2.45) is 5.73 Å². The Balaban J connectivity index is 4.02. The quantitative estimate of drug-likeness (QED) is 0.468. The van der Waals surface area contributed by atoms with Crippen LogP contribution in [0.3, 0.4) is 0 Å². The third-order valence-electron chi connectivity index (χ3n) is 1.90. The maximum atomic E-state index is 10.7. The van der Waals surface area contributed by atoms with E-state index >= 15 is 0 Å². The molecular formula is C8H17NO4. The lowest BCUT2D eigenvalue weighted by atomic mass is 10.2. The van der Waals surface area contributed by atoms with Gasteiger partial charge in [0.25, 0.3) is 0 Å². The fourth-order valence-electron chi connectivity index (χ4n) is 0.841. The van der Waals surface area contributed by atoms with E-state index in [0.717, 1.165) is 0 Å². The van der Waals surface area contributed by atoms with Crippen LogP contribution in [-0.4, -0.2) is 39.1 Å². The van der Waals surface area contributed by atoms with Crippen LogP contribution in [0.2, 0.25) is 0 Å². The van der Waals surface area contributed by atoms with Crippen LogP contribution in [0, 0.1) is 0 Å². The first-order valence-corrected chi connectivity index (χ1v) is 4.10. The highest BCUT2D eigenvalue weighted by Crippen LogP contribution is 2.15. The van der Waals surface area contributed by atoms with E-state index in [4.69, 9.17) is 19.9 Å². The second kappa shape index (κ2) is 5.90. The van der Waals surface area contributed by atoms with Crippen LogP contribution in [-0.2, 0) is 19.0 Å². The Morgan fingerprint density at radius 2 is 1.92 bits per heavy atom. The van der Waals surface area contributed by atoms with Gasteiger partial charge in [0.1, 0.15) is 6.61 Å². The van der Waals surface area contributed by atoms with Gasteiger partial charge in [-0.1, -0.05) is 6.92 Å². The summed E-state index contributed by atoms with van der Waals surface area (Å²) in [6.07, 6.45) is 0.595. The van der Waals surface area contributed by atoms with E-state index in [-0.39, 0.29) is 13.2 Å². The molecule has 0 saturated carbocycles. The van der Waals surface area contributed by atoms with E-state index in [9.17, 15) is 4.79 Å². The largest absolute Gasteiger partial charge is 0.459 e. The molecule has 0 atom stereocenters. The van der Waals surface area contributed by atoms with E-state index in [1.165, 1.54) is 14.2 Å². The molecule has 0 amide bonds.